The molecule has 0 N–H and O–H groups in total. The molecule has 1 aromatic rings. The van der Waals surface area contributed by atoms with Crippen LogP contribution in [-0.4, -0.2) is 48.2 Å². The number of carbonyl (C=O) groups is 2. The summed E-state index contributed by atoms with van der Waals surface area (Å²) in [5.41, 5.74) is -0.0425. The van der Waals surface area contributed by atoms with Crippen LogP contribution in [0.2, 0.25) is 0 Å². The van der Waals surface area contributed by atoms with Gasteiger partial charge in [0.2, 0.25) is 6.79 Å². The van der Waals surface area contributed by atoms with Crippen molar-refractivity contribution in [3.63, 3.8) is 0 Å². The smallest absolute Gasteiger partial charge is 0.331 e. The number of rotatable bonds is 5. The highest BCUT2D eigenvalue weighted by atomic mass is 16.7. The van der Waals surface area contributed by atoms with Gasteiger partial charge < -0.3 is 19.1 Å². The van der Waals surface area contributed by atoms with Crippen LogP contribution in [0.5, 0.6) is 11.5 Å². The number of amides is 1. The number of benzene rings is 1. The minimum Gasteiger partial charge on any atom is -0.454 e. The van der Waals surface area contributed by atoms with Crippen LogP contribution >= 0.6 is 0 Å². The predicted octanol–water partition coefficient (Wildman–Crippen LogP) is 2.14. The van der Waals surface area contributed by atoms with Crippen molar-refractivity contribution in [1.82, 2.24) is 4.90 Å². The van der Waals surface area contributed by atoms with Gasteiger partial charge in [-0.15, -0.1) is 0 Å². The van der Waals surface area contributed by atoms with E-state index in [1.807, 2.05) is 0 Å². The predicted molar refractivity (Wildman–Crippen MR) is 94.2 cm³/mol. The monoisotopic (exact) mass is 376 g/mol. The molecular weight excluding hydrogens is 356 g/mol. The third-order valence-corrected chi connectivity index (χ3v) is 4.47. The Kier molecular flexibility index (Phi) is 5.58. The lowest BCUT2D eigenvalue weighted by atomic mass is 10.0. The Morgan fingerprint density at radius 1 is 1.37 bits per heavy atom. The minimum atomic E-state index is -0.750. The fourth-order valence-electron chi connectivity index (χ4n) is 3.08. The van der Waals surface area contributed by atoms with E-state index < -0.39 is 10.9 Å². The Morgan fingerprint density at radius 3 is 2.81 bits per heavy atom. The van der Waals surface area contributed by atoms with Crippen molar-refractivity contribution in [2.75, 3.05) is 26.5 Å². The lowest BCUT2D eigenvalue weighted by Gasteiger charge is -2.30. The highest BCUT2D eigenvalue weighted by Crippen LogP contribution is 2.38. The van der Waals surface area contributed by atoms with Crippen LogP contribution in [0, 0.1) is 16.0 Å². The molecule has 0 aromatic heterocycles. The van der Waals surface area contributed by atoms with Gasteiger partial charge in [0, 0.05) is 19.2 Å². The minimum absolute atomic E-state index is 0.0150. The Labute approximate surface area is 155 Å². The van der Waals surface area contributed by atoms with Gasteiger partial charge in [-0.1, -0.05) is 6.92 Å². The number of fused-ring (bicyclic) bond motifs is 1. The molecule has 27 heavy (non-hydrogen) atoms. The average Bonchev–Trinajstić information content (AvgIpc) is 3.10. The second-order valence-electron chi connectivity index (χ2n) is 6.55. The summed E-state index contributed by atoms with van der Waals surface area (Å²) in [5, 5.41) is 11.2. The third-order valence-electron chi connectivity index (χ3n) is 4.47. The van der Waals surface area contributed by atoms with Gasteiger partial charge in [-0.3, -0.25) is 14.9 Å². The number of likely N-dealkylation sites (tertiary alicyclic amines) is 1. The lowest BCUT2D eigenvalue weighted by Crippen LogP contribution is -2.41. The molecule has 0 saturated carbocycles. The first kappa shape index (κ1) is 18.7. The molecule has 1 atom stereocenters. The fraction of sp³-hybridized carbons (Fsp3) is 0.444. The largest absolute Gasteiger partial charge is 0.454 e. The van der Waals surface area contributed by atoms with Gasteiger partial charge in [0.15, 0.2) is 18.1 Å². The van der Waals surface area contributed by atoms with Crippen LogP contribution in [0.25, 0.3) is 6.08 Å². The van der Waals surface area contributed by atoms with E-state index in [0.29, 0.717) is 24.8 Å². The Balaban J connectivity index is 1.60. The highest BCUT2D eigenvalue weighted by Gasteiger charge is 2.23. The summed E-state index contributed by atoms with van der Waals surface area (Å²) < 4.78 is 15.3. The summed E-state index contributed by atoms with van der Waals surface area (Å²) >= 11 is 0. The van der Waals surface area contributed by atoms with E-state index in [1.54, 1.807) is 4.90 Å². The molecule has 0 unspecified atom stereocenters. The number of hydrogen-bond acceptors (Lipinski definition) is 7. The molecule has 3 rings (SSSR count). The zero-order valence-electron chi connectivity index (χ0n) is 14.9. The first-order chi connectivity index (χ1) is 12.9. The van der Waals surface area contributed by atoms with E-state index >= 15 is 0 Å². The summed E-state index contributed by atoms with van der Waals surface area (Å²) in [6.07, 6.45) is 4.33. The van der Waals surface area contributed by atoms with Crippen molar-refractivity contribution in [2.45, 2.75) is 19.8 Å². The zero-order chi connectivity index (χ0) is 19.4. The Hall–Kier alpha value is -3.10. The van der Waals surface area contributed by atoms with Gasteiger partial charge in [0.1, 0.15) is 0 Å². The van der Waals surface area contributed by atoms with Crippen molar-refractivity contribution >= 4 is 23.6 Å². The molecule has 0 radical (unpaired) electrons. The summed E-state index contributed by atoms with van der Waals surface area (Å²) in [6.45, 7) is 3.04. The van der Waals surface area contributed by atoms with Gasteiger partial charge in [-0.25, -0.2) is 4.79 Å². The quantitative estimate of drug-likeness (QED) is 0.335. The van der Waals surface area contributed by atoms with Crippen molar-refractivity contribution < 1.29 is 28.7 Å². The highest BCUT2D eigenvalue weighted by molar-refractivity contribution is 5.90. The van der Waals surface area contributed by atoms with Crippen LogP contribution < -0.4 is 9.47 Å². The van der Waals surface area contributed by atoms with Crippen molar-refractivity contribution in [3.8, 4) is 11.5 Å². The summed E-state index contributed by atoms with van der Waals surface area (Å²) in [6, 6.07) is 2.67. The summed E-state index contributed by atoms with van der Waals surface area (Å²) in [4.78, 5) is 36.3. The molecule has 1 saturated heterocycles. The maximum Gasteiger partial charge on any atom is 0.331 e. The second-order valence-corrected chi connectivity index (χ2v) is 6.55. The number of nitro groups is 1. The van der Waals surface area contributed by atoms with Crippen molar-refractivity contribution in [2.24, 2.45) is 5.92 Å². The van der Waals surface area contributed by atoms with Crippen LogP contribution in [-0.2, 0) is 14.3 Å². The average molecular weight is 376 g/mol. The van der Waals surface area contributed by atoms with Gasteiger partial charge in [0.25, 0.3) is 11.6 Å². The van der Waals surface area contributed by atoms with Gasteiger partial charge in [-0.2, -0.15) is 0 Å². The second kappa shape index (κ2) is 8.07. The molecule has 0 spiro atoms. The van der Waals surface area contributed by atoms with Gasteiger partial charge >= 0.3 is 5.97 Å². The van der Waals surface area contributed by atoms with Crippen molar-refractivity contribution in [1.29, 1.82) is 0 Å². The number of hydrogen-bond donors (Lipinski definition) is 0. The molecule has 9 nitrogen and oxygen atoms in total. The standard InChI is InChI=1S/C18H20N2O7/c1-12-3-2-6-19(9-12)17(21)10-25-18(22)5-4-13-7-15-16(27-11-26-15)8-14(13)20(23)24/h4-5,7-8,12H,2-3,6,9-11H2,1H3/b5-4+/t12-/m0/s1. The number of carbonyl (C=O) groups excluding carboxylic acids is 2. The van der Waals surface area contributed by atoms with E-state index in [1.165, 1.54) is 18.2 Å². The number of nitrogens with zero attached hydrogens (tertiary/aromatic N) is 2. The first-order valence-electron chi connectivity index (χ1n) is 8.64. The van der Waals surface area contributed by atoms with E-state index in [2.05, 4.69) is 6.92 Å². The number of nitro benzene ring substituents is 1. The SMILES string of the molecule is C[C@H]1CCCN(C(=O)COC(=O)/C=C/c2cc3c(cc2[N+](=O)[O-])OCO3)C1. The molecule has 2 aliphatic heterocycles. The van der Waals surface area contributed by atoms with Crippen LogP contribution in [0.3, 0.4) is 0 Å². The van der Waals surface area contributed by atoms with E-state index in [9.17, 15) is 19.7 Å². The molecule has 2 heterocycles. The van der Waals surface area contributed by atoms with Crippen LogP contribution in [0.15, 0.2) is 18.2 Å². The summed E-state index contributed by atoms with van der Waals surface area (Å²) in [7, 11) is 0. The maximum atomic E-state index is 12.1. The Bertz CT molecular complexity index is 790. The molecule has 1 amide bonds. The van der Waals surface area contributed by atoms with Gasteiger partial charge in [-0.05, 0) is 30.9 Å². The van der Waals surface area contributed by atoms with Crippen LogP contribution in [0.4, 0.5) is 5.69 Å². The lowest BCUT2D eigenvalue weighted by molar-refractivity contribution is -0.385. The van der Waals surface area contributed by atoms with E-state index in [4.69, 9.17) is 14.2 Å². The molecule has 1 aromatic carbocycles. The zero-order valence-corrected chi connectivity index (χ0v) is 14.9. The maximum absolute atomic E-state index is 12.1. The van der Waals surface area contributed by atoms with E-state index in [0.717, 1.165) is 18.9 Å². The Morgan fingerprint density at radius 2 is 2.11 bits per heavy atom. The number of piperidine rings is 1. The van der Waals surface area contributed by atoms with Crippen LogP contribution in [0.1, 0.15) is 25.3 Å². The molecule has 144 valence electrons. The topological polar surface area (TPSA) is 108 Å². The number of ether oxygens (including phenoxy) is 3. The normalized spacial score (nSPS) is 18.6. The molecule has 1 fully saturated rings. The van der Waals surface area contributed by atoms with Crippen molar-refractivity contribution in [3.05, 3.63) is 33.9 Å². The molecule has 9 heteroatoms. The fourth-order valence-corrected chi connectivity index (χ4v) is 3.08. The molecule has 0 aliphatic carbocycles. The molecule has 2 aliphatic rings. The third kappa shape index (κ3) is 4.55. The van der Waals surface area contributed by atoms with E-state index in [-0.39, 0.29) is 36.3 Å². The molecular formula is C18H20N2O7. The number of esters is 1. The molecule has 0 bridgehead atoms. The van der Waals surface area contributed by atoms with Gasteiger partial charge in [0.05, 0.1) is 16.6 Å². The first-order valence-corrected chi connectivity index (χ1v) is 8.64. The summed E-state index contributed by atoms with van der Waals surface area (Å²) in [5.74, 6) is 0.0911.